The Hall–Kier alpha value is -2.06. The van der Waals surface area contributed by atoms with E-state index in [1.54, 1.807) is 25.4 Å². The minimum Gasteiger partial charge on any atom is -0.392 e. The third kappa shape index (κ3) is 3.01. The minimum absolute atomic E-state index is 0.416. The monoisotopic (exact) mass is 299 g/mol. The van der Waals surface area contributed by atoms with Crippen molar-refractivity contribution in [3.05, 3.63) is 0 Å². The zero-order chi connectivity index (χ0) is 16.3. The number of amides is 1. The summed E-state index contributed by atoms with van der Waals surface area (Å²) >= 11 is 0. The van der Waals surface area contributed by atoms with Gasteiger partial charge in [0.05, 0.1) is 12.8 Å². The second kappa shape index (κ2) is 6.15. The number of guanidine groups is 1. The number of hydroxylamine groups is 1. The number of aliphatic imine (C=N–C) groups is 1. The van der Waals surface area contributed by atoms with Crippen LogP contribution in [-0.2, 0) is 9.53 Å². The Labute approximate surface area is 120 Å². The highest BCUT2D eigenvalue weighted by Crippen LogP contribution is 2.44. The number of aliphatic hydroxyl groups excluding tert-OH is 2. The number of carbonyl (C=O) groups excluding carboxylic acids is 1. The van der Waals surface area contributed by atoms with E-state index in [2.05, 4.69) is 10.3 Å². The highest BCUT2D eigenvalue weighted by Gasteiger charge is 2.60. The fourth-order valence-corrected chi connectivity index (χ4v) is 1.95. The van der Waals surface area contributed by atoms with E-state index in [4.69, 9.17) is 20.6 Å². The van der Waals surface area contributed by atoms with Gasteiger partial charge in [0.1, 0.15) is 12.2 Å². The molecule has 1 aliphatic heterocycles. The molecule has 0 aromatic rings. The van der Waals surface area contributed by atoms with Gasteiger partial charge in [0.15, 0.2) is 6.23 Å². The van der Waals surface area contributed by atoms with Crippen LogP contribution in [0.2, 0.25) is 0 Å². The molecule has 1 fully saturated rings. The lowest BCUT2D eigenvalue weighted by atomic mass is 9.80. The Morgan fingerprint density at radius 3 is 2.62 bits per heavy atom. The van der Waals surface area contributed by atoms with Gasteiger partial charge in [-0.15, -0.1) is 0 Å². The largest absolute Gasteiger partial charge is 0.392 e. The van der Waals surface area contributed by atoms with Gasteiger partial charge in [-0.05, 0) is 0 Å². The summed E-state index contributed by atoms with van der Waals surface area (Å²) in [7, 11) is 0. The predicted octanol–water partition coefficient (Wildman–Crippen LogP) is -1.91. The molecule has 0 unspecified atom stereocenters. The van der Waals surface area contributed by atoms with Crippen molar-refractivity contribution in [2.45, 2.75) is 31.8 Å². The van der Waals surface area contributed by atoms with Crippen LogP contribution in [0.3, 0.4) is 0 Å². The first-order valence-corrected chi connectivity index (χ1v) is 5.94. The lowest BCUT2D eigenvalue weighted by Gasteiger charge is -2.27. The number of hydrogen-bond acceptors (Lipinski definition) is 8. The maximum absolute atomic E-state index is 11.1. The minimum atomic E-state index is -1.84. The Balaban J connectivity index is 3.10. The Kier molecular flexibility index (Phi) is 4.97. The van der Waals surface area contributed by atoms with E-state index >= 15 is 0 Å². The molecule has 10 nitrogen and oxygen atoms in total. The molecule has 1 rings (SSSR count). The number of hydrogen-bond donors (Lipinski definition) is 6. The molecule has 0 aromatic heterocycles. The number of rotatable bonds is 3. The molecule has 116 valence electrons. The van der Waals surface area contributed by atoms with Crippen molar-refractivity contribution in [2.75, 3.05) is 6.61 Å². The second-order valence-corrected chi connectivity index (χ2v) is 5.08. The smallest absolute Gasteiger partial charge is 0.268 e. The summed E-state index contributed by atoms with van der Waals surface area (Å²) in [6.07, 6.45) is -2.00. The van der Waals surface area contributed by atoms with Gasteiger partial charge in [0.2, 0.25) is 11.6 Å². The number of nitriles is 1. The van der Waals surface area contributed by atoms with Crippen molar-refractivity contribution in [1.82, 2.24) is 10.8 Å². The van der Waals surface area contributed by atoms with E-state index < -0.39 is 41.8 Å². The fourth-order valence-electron chi connectivity index (χ4n) is 1.95. The molecule has 21 heavy (non-hydrogen) atoms. The number of aliphatic hydroxyl groups is 2. The second-order valence-electron chi connectivity index (χ2n) is 5.08. The molecule has 0 aromatic carbocycles. The third-order valence-electron chi connectivity index (χ3n) is 3.25. The normalized spacial score (nSPS) is 31.3. The van der Waals surface area contributed by atoms with Crippen molar-refractivity contribution in [2.24, 2.45) is 10.4 Å². The molecule has 0 bridgehead atoms. The number of nitrogens with one attached hydrogen (secondary N) is 3. The number of carbonyl (C=O) groups is 1. The Bertz CT molecular complexity index is 500. The first-order valence-electron chi connectivity index (χ1n) is 5.94. The highest BCUT2D eigenvalue weighted by atomic mass is 16.6. The average Bonchev–Trinajstić information content (AvgIpc) is 2.67. The molecular formula is C11H17N5O5. The topological polar surface area (TPSA) is 171 Å². The van der Waals surface area contributed by atoms with Crippen LogP contribution >= 0.6 is 0 Å². The number of ether oxygens (including phenoxy) is 1. The van der Waals surface area contributed by atoms with E-state index in [1.165, 1.54) is 0 Å². The summed E-state index contributed by atoms with van der Waals surface area (Å²) in [5.74, 6) is -1.26. The van der Waals surface area contributed by atoms with Crippen LogP contribution in [0.15, 0.2) is 4.99 Å². The van der Waals surface area contributed by atoms with Crippen LogP contribution in [0.25, 0.3) is 0 Å². The van der Waals surface area contributed by atoms with Gasteiger partial charge in [0, 0.05) is 5.41 Å². The van der Waals surface area contributed by atoms with Crippen LogP contribution in [0, 0.1) is 22.2 Å². The molecule has 10 heteroatoms. The Morgan fingerprint density at radius 1 is 1.62 bits per heavy atom. The summed E-state index contributed by atoms with van der Waals surface area (Å²) in [5, 5.41) is 46.3. The van der Waals surface area contributed by atoms with Crippen LogP contribution in [0.5, 0.6) is 0 Å². The van der Waals surface area contributed by atoms with Crippen LogP contribution in [-0.4, -0.2) is 58.0 Å². The highest BCUT2D eigenvalue weighted by molar-refractivity contribution is 6.28. The first kappa shape index (κ1) is 17.0. The summed E-state index contributed by atoms with van der Waals surface area (Å²) in [5.41, 5.74) is -1.30. The quantitative estimate of drug-likeness (QED) is 0.200. The van der Waals surface area contributed by atoms with Crippen molar-refractivity contribution < 1.29 is 25.0 Å². The van der Waals surface area contributed by atoms with Gasteiger partial charge in [0.25, 0.3) is 5.91 Å². The molecule has 1 amide bonds. The molecule has 1 aliphatic rings. The Morgan fingerprint density at radius 2 is 2.24 bits per heavy atom. The van der Waals surface area contributed by atoms with E-state index in [0.717, 1.165) is 0 Å². The van der Waals surface area contributed by atoms with Gasteiger partial charge in [-0.3, -0.25) is 15.3 Å². The van der Waals surface area contributed by atoms with Gasteiger partial charge in [-0.2, -0.15) is 5.26 Å². The van der Waals surface area contributed by atoms with Crippen molar-refractivity contribution in [3.63, 3.8) is 0 Å². The molecule has 0 spiro atoms. The van der Waals surface area contributed by atoms with Gasteiger partial charge >= 0.3 is 0 Å². The van der Waals surface area contributed by atoms with E-state index in [9.17, 15) is 15.0 Å². The van der Waals surface area contributed by atoms with Crippen molar-refractivity contribution in [1.29, 1.82) is 10.7 Å². The van der Waals surface area contributed by atoms with Crippen molar-refractivity contribution >= 4 is 18.1 Å². The number of nitrogens with zero attached hydrogens (tertiary/aromatic N) is 2. The molecule has 3 atom stereocenters. The van der Waals surface area contributed by atoms with Gasteiger partial charge < -0.3 is 20.4 Å². The zero-order valence-corrected chi connectivity index (χ0v) is 11.5. The van der Waals surface area contributed by atoms with E-state index in [-0.39, 0.29) is 0 Å². The summed E-state index contributed by atoms with van der Waals surface area (Å²) in [6.45, 7) is 2.36. The van der Waals surface area contributed by atoms with Crippen LogP contribution in [0.1, 0.15) is 13.8 Å². The standard InChI is InChI=1S/C11H17N5O5/c1-10(2)7(19)11(4-13,5-17)21-8(10)15-9(16-20)14-6(18)3-12/h3,7-8,12,17,19-20H,5H2,1-2H3,(H2,14,15,16,18)/t7-,8+,11+/m0/s1. The van der Waals surface area contributed by atoms with Crippen LogP contribution < -0.4 is 10.8 Å². The average molecular weight is 299 g/mol. The van der Waals surface area contributed by atoms with E-state index in [0.29, 0.717) is 6.21 Å². The van der Waals surface area contributed by atoms with E-state index in [1.807, 2.05) is 0 Å². The molecule has 0 saturated carbocycles. The maximum atomic E-state index is 11.1. The molecule has 0 aliphatic carbocycles. The summed E-state index contributed by atoms with van der Waals surface area (Å²) in [6, 6.07) is 1.71. The molecular weight excluding hydrogens is 282 g/mol. The molecule has 1 saturated heterocycles. The lowest BCUT2D eigenvalue weighted by molar-refractivity contribution is -0.113. The van der Waals surface area contributed by atoms with Crippen molar-refractivity contribution in [3.8, 4) is 6.07 Å². The summed E-state index contributed by atoms with van der Waals surface area (Å²) < 4.78 is 5.31. The van der Waals surface area contributed by atoms with Crippen LogP contribution in [0.4, 0.5) is 0 Å². The van der Waals surface area contributed by atoms with Gasteiger partial charge in [-0.25, -0.2) is 10.5 Å². The molecule has 1 heterocycles. The first-order chi connectivity index (χ1) is 9.77. The fraction of sp³-hybridized carbons (Fsp3) is 0.636. The predicted molar refractivity (Wildman–Crippen MR) is 69.4 cm³/mol. The lowest BCUT2D eigenvalue weighted by Crippen LogP contribution is -2.46. The third-order valence-corrected chi connectivity index (χ3v) is 3.25. The summed E-state index contributed by atoms with van der Waals surface area (Å²) in [4.78, 5) is 14.9. The zero-order valence-electron chi connectivity index (χ0n) is 11.5. The molecule has 6 N–H and O–H groups in total. The SMILES string of the molecule is CC1(C)[C@H](N=C(NO)NC(=O)C=N)O[C@](C#N)(CO)[C@H]1O. The molecule has 0 radical (unpaired) electrons. The van der Waals surface area contributed by atoms with Gasteiger partial charge in [-0.1, -0.05) is 13.8 Å². The maximum Gasteiger partial charge on any atom is 0.268 e.